The summed E-state index contributed by atoms with van der Waals surface area (Å²) in [6.45, 7) is 0.452. The van der Waals surface area contributed by atoms with Crippen LogP contribution in [0.4, 0.5) is 13.2 Å². The molecule has 6 heteroatoms. The second kappa shape index (κ2) is 4.19. The first-order valence-electron chi connectivity index (χ1n) is 5.06. The van der Waals surface area contributed by atoms with E-state index in [-0.39, 0.29) is 12.4 Å². The summed E-state index contributed by atoms with van der Waals surface area (Å²) in [4.78, 5) is 0. The van der Waals surface area contributed by atoms with Gasteiger partial charge in [0.15, 0.2) is 0 Å². The van der Waals surface area contributed by atoms with E-state index in [1.165, 1.54) is 24.3 Å². The van der Waals surface area contributed by atoms with Crippen LogP contribution in [0.1, 0.15) is 12.0 Å². The van der Waals surface area contributed by atoms with Crippen LogP contribution in [-0.4, -0.2) is 24.7 Å². The number of benzene rings is 1. The topological polar surface area (TPSA) is 42.0 Å². The lowest BCUT2D eigenvalue weighted by Crippen LogP contribution is -2.17. The molecule has 1 N–H and O–H groups in total. The highest BCUT2D eigenvalue weighted by atomic mass is 19.4. The van der Waals surface area contributed by atoms with Crippen molar-refractivity contribution in [1.29, 1.82) is 0 Å². The fourth-order valence-corrected chi connectivity index (χ4v) is 1.68. The van der Waals surface area contributed by atoms with Gasteiger partial charge >= 0.3 is 6.36 Å². The Bertz CT molecular complexity index is 382. The van der Waals surface area contributed by atoms with Gasteiger partial charge in [0.2, 0.25) is 0 Å². The van der Waals surface area contributed by atoms with Gasteiger partial charge in [-0.05, 0) is 17.7 Å². The first-order valence-corrected chi connectivity index (χ1v) is 5.06. The summed E-state index contributed by atoms with van der Waals surface area (Å²) >= 11 is 0. The van der Waals surface area contributed by atoms with Crippen molar-refractivity contribution in [2.45, 2.75) is 18.4 Å². The molecular formula is C11H11F3O3. The summed E-state index contributed by atoms with van der Waals surface area (Å²) in [5.41, 5.74) is 0.229. The Hall–Kier alpha value is -1.27. The molecule has 1 aromatic carbocycles. The van der Waals surface area contributed by atoms with Gasteiger partial charge in [0.05, 0.1) is 6.61 Å². The van der Waals surface area contributed by atoms with Crippen molar-refractivity contribution in [2.75, 3.05) is 13.2 Å². The van der Waals surface area contributed by atoms with Gasteiger partial charge in [-0.1, -0.05) is 12.1 Å². The summed E-state index contributed by atoms with van der Waals surface area (Å²) in [5.74, 6) is -0.263. The van der Waals surface area contributed by atoms with Crippen LogP contribution in [0.15, 0.2) is 24.3 Å². The molecule has 3 nitrogen and oxygen atoms in total. The first kappa shape index (κ1) is 12.2. The van der Waals surface area contributed by atoms with E-state index in [4.69, 9.17) is 9.84 Å². The maximum atomic E-state index is 11.9. The molecule has 1 aliphatic rings. The number of ether oxygens (including phenoxy) is 2. The van der Waals surface area contributed by atoms with Crippen LogP contribution < -0.4 is 4.74 Å². The molecule has 0 radical (unpaired) electrons. The molecule has 0 saturated carbocycles. The quantitative estimate of drug-likeness (QED) is 0.830. The monoisotopic (exact) mass is 248 g/mol. The highest BCUT2D eigenvalue weighted by Crippen LogP contribution is 2.42. The Balaban J connectivity index is 2.08. The summed E-state index contributed by atoms with van der Waals surface area (Å²) in [5, 5.41) is 8.86. The van der Waals surface area contributed by atoms with Gasteiger partial charge in [0.1, 0.15) is 11.4 Å². The fraction of sp³-hybridized carbons (Fsp3) is 0.455. The molecule has 94 valence electrons. The number of rotatable bonds is 4. The molecule has 1 aromatic rings. The number of alkyl halides is 3. The molecule has 0 amide bonds. The standard InChI is InChI=1S/C11H11F3O3/c12-11(13,14)17-9-3-1-8(2-4-9)10(5-6-15)7-16-10/h1-4,15H,5-7H2. The largest absolute Gasteiger partial charge is 0.573 e. The van der Waals surface area contributed by atoms with Gasteiger partial charge in [-0.15, -0.1) is 13.2 Å². The molecule has 1 heterocycles. The van der Waals surface area contributed by atoms with E-state index in [0.29, 0.717) is 13.0 Å². The molecule has 1 fully saturated rings. The van der Waals surface area contributed by atoms with Crippen LogP contribution in [0.5, 0.6) is 5.75 Å². The molecule has 1 atom stereocenters. The molecule has 17 heavy (non-hydrogen) atoms. The van der Waals surface area contributed by atoms with Gasteiger partial charge in [-0.2, -0.15) is 0 Å². The van der Waals surface area contributed by atoms with E-state index in [9.17, 15) is 13.2 Å². The van der Waals surface area contributed by atoms with E-state index in [2.05, 4.69) is 4.74 Å². The zero-order valence-corrected chi connectivity index (χ0v) is 8.83. The zero-order chi connectivity index (χ0) is 12.5. The Morgan fingerprint density at radius 2 is 1.88 bits per heavy atom. The van der Waals surface area contributed by atoms with Crippen molar-refractivity contribution >= 4 is 0 Å². The lowest BCUT2D eigenvalue weighted by Gasteiger charge is -2.12. The van der Waals surface area contributed by atoms with Gasteiger partial charge in [-0.25, -0.2) is 0 Å². The van der Waals surface area contributed by atoms with Crippen LogP contribution in [0.2, 0.25) is 0 Å². The Labute approximate surface area is 95.8 Å². The molecule has 2 rings (SSSR count). The van der Waals surface area contributed by atoms with Gasteiger partial charge < -0.3 is 14.6 Å². The third-order valence-electron chi connectivity index (χ3n) is 2.62. The van der Waals surface area contributed by atoms with Crippen LogP contribution in [0, 0.1) is 0 Å². The summed E-state index contributed by atoms with van der Waals surface area (Å²) in [6, 6.07) is 5.51. The number of aliphatic hydroxyl groups excluding tert-OH is 1. The molecule has 0 spiro atoms. The minimum atomic E-state index is -4.68. The summed E-state index contributed by atoms with van der Waals surface area (Å²) in [6.07, 6.45) is -4.24. The second-order valence-electron chi connectivity index (χ2n) is 3.83. The summed E-state index contributed by atoms with van der Waals surface area (Å²) < 4.78 is 44.8. The zero-order valence-electron chi connectivity index (χ0n) is 8.83. The van der Waals surface area contributed by atoms with Crippen molar-refractivity contribution in [1.82, 2.24) is 0 Å². The van der Waals surface area contributed by atoms with Crippen molar-refractivity contribution in [3.8, 4) is 5.75 Å². The van der Waals surface area contributed by atoms with E-state index < -0.39 is 12.0 Å². The van der Waals surface area contributed by atoms with Crippen LogP contribution in [0.3, 0.4) is 0 Å². The second-order valence-corrected chi connectivity index (χ2v) is 3.83. The lowest BCUT2D eigenvalue weighted by molar-refractivity contribution is -0.274. The third kappa shape index (κ3) is 2.89. The van der Waals surface area contributed by atoms with Gasteiger partial charge in [0.25, 0.3) is 0 Å². The predicted octanol–water partition coefficient (Wildman–Crippen LogP) is 2.19. The molecule has 0 bridgehead atoms. The Morgan fingerprint density at radius 3 is 2.29 bits per heavy atom. The molecule has 1 unspecified atom stereocenters. The van der Waals surface area contributed by atoms with Crippen LogP contribution in [0.25, 0.3) is 0 Å². The van der Waals surface area contributed by atoms with E-state index in [0.717, 1.165) is 5.56 Å². The number of aliphatic hydroxyl groups is 1. The number of halogens is 3. The van der Waals surface area contributed by atoms with Crippen molar-refractivity contribution in [3.05, 3.63) is 29.8 Å². The fourth-order valence-electron chi connectivity index (χ4n) is 1.68. The molecule has 1 saturated heterocycles. The van der Waals surface area contributed by atoms with E-state index in [1.807, 2.05) is 0 Å². The highest BCUT2D eigenvalue weighted by Gasteiger charge is 2.45. The van der Waals surface area contributed by atoms with E-state index in [1.54, 1.807) is 0 Å². The Kier molecular flexibility index (Phi) is 3.01. The lowest BCUT2D eigenvalue weighted by atomic mass is 9.97. The van der Waals surface area contributed by atoms with Crippen molar-refractivity contribution in [3.63, 3.8) is 0 Å². The molecule has 0 aromatic heterocycles. The smallest absolute Gasteiger partial charge is 0.406 e. The minimum absolute atomic E-state index is 0.0270. The van der Waals surface area contributed by atoms with Crippen LogP contribution >= 0.6 is 0 Å². The molecular weight excluding hydrogens is 237 g/mol. The average molecular weight is 248 g/mol. The number of hydrogen-bond donors (Lipinski definition) is 1. The molecule has 0 aliphatic carbocycles. The normalized spacial score (nSPS) is 23.5. The summed E-state index contributed by atoms with van der Waals surface area (Å²) in [7, 11) is 0. The van der Waals surface area contributed by atoms with Crippen molar-refractivity contribution in [2.24, 2.45) is 0 Å². The predicted molar refractivity (Wildman–Crippen MR) is 52.5 cm³/mol. The molecule has 1 aliphatic heterocycles. The first-order chi connectivity index (χ1) is 7.95. The number of epoxide rings is 1. The Morgan fingerprint density at radius 1 is 1.29 bits per heavy atom. The average Bonchev–Trinajstić information content (AvgIpc) is 2.98. The van der Waals surface area contributed by atoms with Gasteiger partial charge in [-0.3, -0.25) is 0 Å². The third-order valence-corrected chi connectivity index (χ3v) is 2.62. The van der Waals surface area contributed by atoms with E-state index >= 15 is 0 Å². The van der Waals surface area contributed by atoms with Crippen LogP contribution in [-0.2, 0) is 10.3 Å². The number of hydrogen-bond acceptors (Lipinski definition) is 3. The highest BCUT2D eigenvalue weighted by molar-refractivity contribution is 5.33. The maximum absolute atomic E-state index is 11.9. The van der Waals surface area contributed by atoms with Gasteiger partial charge in [0, 0.05) is 13.0 Å². The maximum Gasteiger partial charge on any atom is 0.573 e. The van der Waals surface area contributed by atoms with Crippen molar-refractivity contribution < 1.29 is 27.8 Å². The minimum Gasteiger partial charge on any atom is -0.406 e. The SMILES string of the molecule is OCCC1(c2ccc(OC(F)(F)F)cc2)CO1.